The van der Waals surface area contributed by atoms with E-state index < -0.39 is 0 Å². The first-order valence-electron chi connectivity index (χ1n) is 17.6. The molecule has 7 rings (SSSR count). The molecular weight excluding hydrogens is 595 g/mol. The Bertz CT molecular complexity index is 1690. The van der Waals surface area contributed by atoms with Gasteiger partial charge in [0.05, 0.1) is 0 Å². The zero-order chi connectivity index (χ0) is 32.9. The molecule has 4 nitrogen and oxygen atoms in total. The minimum Gasteiger partial charge on any atom is -0.457 e. The quantitative estimate of drug-likeness (QED) is 0.124. The molecule has 0 heterocycles. The molecule has 0 aliphatic heterocycles. The molecule has 0 amide bonds. The minimum atomic E-state index is -0.234. The lowest BCUT2D eigenvalue weighted by Gasteiger charge is -2.28. The van der Waals surface area contributed by atoms with Crippen molar-refractivity contribution in [1.29, 1.82) is 0 Å². The third kappa shape index (κ3) is 7.36. The summed E-state index contributed by atoms with van der Waals surface area (Å²) in [6, 6.07) is 35.6. The van der Waals surface area contributed by atoms with Crippen LogP contribution in [-0.2, 0) is 0 Å². The van der Waals surface area contributed by atoms with Crippen molar-refractivity contribution in [2.45, 2.75) is 82.0 Å². The van der Waals surface area contributed by atoms with Crippen molar-refractivity contribution in [2.75, 3.05) is 11.5 Å². The summed E-state index contributed by atoms with van der Waals surface area (Å²) < 4.78 is 27.3. The third-order valence-corrected chi connectivity index (χ3v) is 10.2. The molecule has 0 radical (unpaired) electrons. The maximum absolute atomic E-state index is 14.3. The van der Waals surface area contributed by atoms with E-state index in [9.17, 15) is 4.39 Å². The molecule has 5 aromatic rings. The predicted molar refractivity (Wildman–Crippen MR) is 194 cm³/mol. The van der Waals surface area contributed by atoms with Crippen molar-refractivity contribution in [3.8, 4) is 23.0 Å². The van der Waals surface area contributed by atoms with Crippen LogP contribution in [0.4, 0.5) is 15.8 Å². The molecule has 2 aliphatic carbocycles. The van der Waals surface area contributed by atoms with Crippen LogP contribution in [0.3, 0.4) is 0 Å². The second-order valence-corrected chi connectivity index (χ2v) is 13.6. The van der Waals surface area contributed by atoms with Gasteiger partial charge in [-0.25, -0.2) is 4.39 Å². The van der Waals surface area contributed by atoms with E-state index in [1.807, 2.05) is 60.7 Å². The lowest BCUT2D eigenvalue weighted by Crippen LogP contribution is -2.11. The summed E-state index contributed by atoms with van der Waals surface area (Å²) in [6.45, 7) is 0. The molecule has 2 aliphatic rings. The third-order valence-electron chi connectivity index (χ3n) is 10.2. The van der Waals surface area contributed by atoms with E-state index >= 15 is 0 Å². The van der Waals surface area contributed by atoms with Gasteiger partial charge in [0.2, 0.25) is 0 Å². The van der Waals surface area contributed by atoms with Gasteiger partial charge >= 0.3 is 0 Å². The van der Waals surface area contributed by atoms with Crippen LogP contribution in [-0.4, -0.2) is 0 Å². The standard InChI is InChI=1S/C43H45FN2O2/c44-34-15-11-31(12-16-34)43(32-13-25-41(47-37-21-17-35(45)18-22-37)39(27-32)29-7-3-1-4-8-29)33-14-26-42(48-38-23-19-36(46)20-24-38)40(28-33)30-9-5-2-6-10-30/h11-30,43H,1-10,45-46H2. The number of rotatable bonds is 9. The highest BCUT2D eigenvalue weighted by Crippen LogP contribution is 2.45. The second-order valence-electron chi connectivity index (χ2n) is 13.6. The van der Waals surface area contributed by atoms with Gasteiger partial charge in [0.15, 0.2) is 0 Å². The van der Waals surface area contributed by atoms with Gasteiger partial charge in [0.1, 0.15) is 28.8 Å². The van der Waals surface area contributed by atoms with Crippen LogP contribution in [0.15, 0.2) is 109 Å². The summed E-state index contributed by atoms with van der Waals surface area (Å²) in [6.07, 6.45) is 12.0. The summed E-state index contributed by atoms with van der Waals surface area (Å²) >= 11 is 0. The second kappa shape index (κ2) is 14.6. The molecular formula is C43H45FN2O2. The normalized spacial score (nSPS) is 15.8. The molecule has 0 bridgehead atoms. The summed E-state index contributed by atoms with van der Waals surface area (Å²) in [5.41, 5.74) is 19.2. The maximum atomic E-state index is 14.3. The van der Waals surface area contributed by atoms with E-state index in [4.69, 9.17) is 20.9 Å². The van der Waals surface area contributed by atoms with Crippen molar-refractivity contribution in [3.05, 3.63) is 143 Å². The Hall–Kier alpha value is -4.77. The molecule has 2 saturated carbocycles. The zero-order valence-electron chi connectivity index (χ0n) is 27.5. The average molecular weight is 641 g/mol. The molecule has 0 atom stereocenters. The van der Waals surface area contributed by atoms with Crippen molar-refractivity contribution in [3.63, 3.8) is 0 Å². The number of benzene rings is 5. The Balaban J connectivity index is 1.33. The van der Waals surface area contributed by atoms with E-state index in [1.165, 1.54) is 60.8 Å². The highest BCUT2D eigenvalue weighted by Gasteiger charge is 2.26. The zero-order valence-corrected chi connectivity index (χ0v) is 27.5. The Morgan fingerprint density at radius 3 is 1.29 bits per heavy atom. The lowest BCUT2D eigenvalue weighted by molar-refractivity contribution is 0.418. The fraction of sp³-hybridized carbons (Fsp3) is 0.302. The molecule has 0 aromatic heterocycles. The minimum absolute atomic E-state index is 0.0913. The average Bonchev–Trinajstić information content (AvgIpc) is 3.13. The van der Waals surface area contributed by atoms with Crippen molar-refractivity contribution in [1.82, 2.24) is 0 Å². The van der Waals surface area contributed by atoms with Gasteiger partial charge in [0.25, 0.3) is 0 Å². The first-order valence-corrected chi connectivity index (χ1v) is 17.6. The fourth-order valence-electron chi connectivity index (χ4n) is 7.70. The topological polar surface area (TPSA) is 70.5 Å². The molecule has 0 unspecified atom stereocenters. The van der Waals surface area contributed by atoms with Crippen LogP contribution in [0.25, 0.3) is 0 Å². The van der Waals surface area contributed by atoms with Crippen LogP contribution < -0.4 is 20.9 Å². The number of hydrogen-bond acceptors (Lipinski definition) is 4. The van der Waals surface area contributed by atoms with Crippen LogP contribution in [0.1, 0.15) is 110 Å². The maximum Gasteiger partial charge on any atom is 0.130 e. The van der Waals surface area contributed by atoms with Crippen LogP contribution >= 0.6 is 0 Å². The van der Waals surface area contributed by atoms with Crippen molar-refractivity contribution >= 4 is 11.4 Å². The van der Waals surface area contributed by atoms with Gasteiger partial charge in [0, 0.05) is 17.3 Å². The number of anilines is 2. The van der Waals surface area contributed by atoms with E-state index in [1.54, 1.807) is 12.1 Å². The molecule has 5 heteroatoms. The Kier molecular flexibility index (Phi) is 9.65. The summed E-state index contributed by atoms with van der Waals surface area (Å²) in [5.74, 6) is 3.85. The summed E-state index contributed by atoms with van der Waals surface area (Å²) in [5, 5.41) is 0. The van der Waals surface area contributed by atoms with E-state index in [0.29, 0.717) is 23.2 Å². The first kappa shape index (κ1) is 31.8. The van der Waals surface area contributed by atoms with Crippen LogP contribution in [0.2, 0.25) is 0 Å². The van der Waals surface area contributed by atoms with Gasteiger partial charge in [-0.15, -0.1) is 0 Å². The van der Waals surface area contributed by atoms with Gasteiger partial charge in [-0.3, -0.25) is 0 Å². The summed E-state index contributed by atoms with van der Waals surface area (Å²) in [4.78, 5) is 0. The van der Waals surface area contributed by atoms with E-state index in [2.05, 4.69) is 36.4 Å². The molecule has 5 aromatic carbocycles. The molecule has 48 heavy (non-hydrogen) atoms. The van der Waals surface area contributed by atoms with Crippen LogP contribution in [0, 0.1) is 5.82 Å². The highest BCUT2D eigenvalue weighted by molar-refractivity contribution is 5.53. The fourth-order valence-corrected chi connectivity index (χ4v) is 7.70. The van der Waals surface area contributed by atoms with Crippen molar-refractivity contribution < 1.29 is 13.9 Å². The van der Waals surface area contributed by atoms with E-state index in [0.717, 1.165) is 54.2 Å². The summed E-state index contributed by atoms with van der Waals surface area (Å²) in [7, 11) is 0. The number of nitrogen functional groups attached to an aromatic ring is 2. The highest BCUT2D eigenvalue weighted by atomic mass is 19.1. The number of ether oxygens (including phenoxy) is 2. The van der Waals surface area contributed by atoms with Gasteiger partial charge in [-0.1, -0.05) is 74.9 Å². The Morgan fingerprint density at radius 1 is 0.479 bits per heavy atom. The number of nitrogens with two attached hydrogens (primary N) is 2. The lowest BCUT2D eigenvalue weighted by atomic mass is 9.78. The molecule has 0 spiro atoms. The smallest absolute Gasteiger partial charge is 0.130 e. The SMILES string of the molecule is Nc1ccc(Oc2ccc(C(c3ccc(F)cc3)c3ccc(Oc4ccc(N)cc4)c(C4CCCCC4)c3)cc2C2CCCCC2)cc1. The molecule has 246 valence electrons. The number of halogens is 1. The van der Waals surface area contributed by atoms with Gasteiger partial charge < -0.3 is 20.9 Å². The molecule has 4 N–H and O–H groups in total. The molecule has 0 saturated heterocycles. The van der Waals surface area contributed by atoms with E-state index in [-0.39, 0.29) is 11.7 Å². The van der Waals surface area contributed by atoms with Gasteiger partial charge in [-0.05, 0) is 138 Å². The number of hydrogen-bond donors (Lipinski definition) is 2. The Labute approximate surface area is 283 Å². The van der Waals surface area contributed by atoms with Crippen molar-refractivity contribution in [2.24, 2.45) is 0 Å². The largest absolute Gasteiger partial charge is 0.457 e. The molecule has 2 fully saturated rings. The van der Waals surface area contributed by atoms with Crippen LogP contribution in [0.5, 0.6) is 23.0 Å². The first-order chi connectivity index (χ1) is 23.5. The monoisotopic (exact) mass is 640 g/mol. The predicted octanol–water partition coefficient (Wildman–Crippen LogP) is 11.9. The Morgan fingerprint density at radius 2 is 0.875 bits per heavy atom. The van der Waals surface area contributed by atoms with Gasteiger partial charge in [-0.2, -0.15) is 0 Å².